The van der Waals surface area contributed by atoms with Crippen LogP contribution in [0.1, 0.15) is 6.92 Å². The molecule has 0 amide bonds. The summed E-state index contributed by atoms with van der Waals surface area (Å²) in [6.45, 7) is 4.07. The molecule has 0 spiro atoms. The molecule has 0 radical (unpaired) electrons. The topological polar surface area (TPSA) is 89.9 Å². The fourth-order valence-electron chi connectivity index (χ4n) is 0.556. The van der Waals surface area contributed by atoms with E-state index in [1.165, 1.54) is 6.92 Å². The first-order valence-corrected chi connectivity index (χ1v) is 4.10. The van der Waals surface area contributed by atoms with Crippen LogP contribution in [0, 0.1) is 0 Å². The molecule has 6 heteroatoms. The van der Waals surface area contributed by atoms with Gasteiger partial charge in [0.2, 0.25) is 6.29 Å². The van der Waals surface area contributed by atoms with E-state index >= 15 is 0 Å². The molecule has 0 aromatic heterocycles. The Morgan fingerprint density at radius 3 is 2.40 bits per heavy atom. The summed E-state index contributed by atoms with van der Waals surface area (Å²) >= 11 is 0. The number of hydrogen-bond acceptors (Lipinski definition) is 6. The van der Waals surface area contributed by atoms with Crippen LogP contribution in [0.15, 0.2) is 12.2 Å². The van der Waals surface area contributed by atoms with Gasteiger partial charge in [0.25, 0.3) is 0 Å². The molecule has 15 heavy (non-hydrogen) atoms. The van der Waals surface area contributed by atoms with Crippen molar-refractivity contribution in [3.8, 4) is 0 Å². The molecule has 0 aromatic rings. The maximum absolute atomic E-state index is 10.8. The van der Waals surface area contributed by atoms with Crippen LogP contribution in [0.25, 0.3) is 0 Å². The highest BCUT2D eigenvalue weighted by atomic mass is 16.6. The first kappa shape index (κ1) is 13.3. The van der Waals surface area contributed by atoms with Crippen LogP contribution in [0.3, 0.4) is 0 Å². The summed E-state index contributed by atoms with van der Waals surface area (Å²) in [5.74, 6) is -1.73. The van der Waals surface area contributed by atoms with Crippen LogP contribution in [-0.2, 0) is 23.9 Å². The molecule has 0 saturated heterocycles. The van der Waals surface area contributed by atoms with Gasteiger partial charge in [-0.1, -0.05) is 6.58 Å². The number of carbonyl (C=O) groups excluding carboxylic acids is 3. The highest BCUT2D eigenvalue weighted by Gasteiger charge is 2.11. The normalized spacial score (nSPS) is 11.3. The molecule has 1 atom stereocenters. The van der Waals surface area contributed by atoms with Crippen LogP contribution < -0.4 is 0 Å². The maximum Gasteiger partial charge on any atom is 0.371 e. The van der Waals surface area contributed by atoms with Gasteiger partial charge >= 0.3 is 11.9 Å². The van der Waals surface area contributed by atoms with E-state index in [1.807, 2.05) is 0 Å². The van der Waals surface area contributed by atoms with Crippen molar-refractivity contribution in [3.63, 3.8) is 0 Å². The minimum atomic E-state index is -1.16. The smallest absolute Gasteiger partial charge is 0.371 e. The molecule has 0 heterocycles. The van der Waals surface area contributed by atoms with Gasteiger partial charge in [-0.15, -0.1) is 0 Å². The SMILES string of the molecule is C=C(C)C(=O)OCC(O)COC(=O)C=O. The van der Waals surface area contributed by atoms with Gasteiger partial charge in [-0.2, -0.15) is 0 Å². The molecule has 6 nitrogen and oxygen atoms in total. The standard InChI is InChI=1S/C9H12O6/c1-6(2)9(13)15-5-7(11)4-14-8(12)3-10/h3,7,11H,1,4-5H2,2H3. The third-order valence-corrected chi connectivity index (χ3v) is 1.27. The zero-order valence-electron chi connectivity index (χ0n) is 8.26. The van der Waals surface area contributed by atoms with Crippen molar-refractivity contribution in [1.29, 1.82) is 0 Å². The number of carbonyl (C=O) groups is 3. The van der Waals surface area contributed by atoms with E-state index in [-0.39, 0.29) is 18.5 Å². The van der Waals surface area contributed by atoms with Gasteiger partial charge in [0, 0.05) is 5.57 Å². The molecule has 0 aliphatic heterocycles. The molecule has 0 aliphatic rings. The van der Waals surface area contributed by atoms with E-state index < -0.39 is 24.6 Å². The van der Waals surface area contributed by atoms with Crippen LogP contribution in [0.5, 0.6) is 0 Å². The van der Waals surface area contributed by atoms with Gasteiger partial charge in [-0.05, 0) is 6.92 Å². The average molecular weight is 216 g/mol. The van der Waals surface area contributed by atoms with Crippen molar-refractivity contribution < 1.29 is 29.0 Å². The second-order valence-corrected chi connectivity index (χ2v) is 2.78. The Hall–Kier alpha value is -1.69. The second kappa shape index (κ2) is 6.72. The number of aliphatic hydroxyl groups excluding tert-OH is 1. The minimum Gasteiger partial charge on any atom is -0.459 e. The summed E-state index contributed by atoms with van der Waals surface area (Å²) in [5.41, 5.74) is 0.201. The summed E-state index contributed by atoms with van der Waals surface area (Å²) in [6, 6.07) is 0. The van der Waals surface area contributed by atoms with Gasteiger partial charge in [0.15, 0.2) is 0 Å². The lowest BCUT2D eigenvalue weighted by atomic mass is 10.3. The molecular weight excluding hydrogens is 204 g/mol. The zero-order chi connectivity index (χ0) is 11.8. The molecule has 1 unspecified atom stereocenters. The summed E-state index contributed by atoms with van der Waals surface area (Å²) in [7, 11) is 0. The van der Waals surface area contributed by atoms with Crippen LogP contribution in [0.4, 0.5) is 0 Å². The lowest BCUT2D eigenvalue weighted by Gasteiger charge is -2.10. The van der Waals surface area contributed by atoms with Crippen molar-refractivity contribution in [2.24, 2.45) is 0 Å². The maximum atomic E-state index is 10.8. The molecule has 1 N–H and O–H groups in total. The Kier molecular flexibility index (Phi) is 5.96. The number of esters is 2. The quantitative estimate of drug-likeness (QED) is 0.271. The minimum absolute atomic E-state index is 0.0212. The summed E-state index contributed by atoms with van der Waals surface area (Å²) in [6.07, 6.45) is -1.18. The van der Waals surface area contributed by atoms with Crippen LogP contribution >= 0.6 is 0 Å². The number of aliphatic hydroxyl groups is 1. The number of rotatable bonds is 6. The molecule has 0 rings (SSSR count). The predicted molar refractivity (Wildman–Crippen MR) is 48.8 cm³/mol. The van der Waals surface area contributed by atoms with Crippen molar-refractivity contribution in [2.45, 2.75) is 13.0 Å². The Balaban J connectivity index is 3.70. The average Bonchev–Trinajstić information content (AvgIpc) is 2.21. The van der Waals surface area contributed by atoms with Gasteiger partial charge in [-0.3, -0.25) is 4.79 Å². The van der Waals surface area contributed by atoms with Crippen LogP contribution in [-0.4, -0.2) is 42.6 Å². The summed E-state index contributed by atoms with van der Waals surface area (Å²) in [5, 5.41) is 9.12. The molecular formula is C9H12O6. The number of hydrogen-bond donors (Lipinski definition) is 1. The molecule has 0 bridgehead atoms. The Morgan fingerprint density at radius 2 is 1.93 bits per heavy atom. The third-order valence-electron chi connectivity index (χ3n) is 1.27. The first-order chi connectivity index (χ1) is 6.97. The molecule has 84 valence electrons. The van der Waals surface area contributed by atoms with E-state index in [1.54, 1.807) is 0 Å². The van der Waals surface area contributed by atoms with E-state index in [9.17, 15) is 14.4 Å². The summed E-state index contributed by atoms with van der Waals surface area (Å²) < 4.78 is 8.84. The number of ether oxygens (including phenoxy) is 2. The molecule has 0 aromatic carbocycles. The van der Waals surface area contributed by atoms with Gasteiger partial charge in [-0.25, -0.2) is 9.59 Å². The van der Waals surface area contributed by atoms with Crippen molar-refractivity contribution in [2.75, 3.05) is 13.2 Å². The first-order valence-electron chi connectivity index (χ1n) is 4.10. The van der Waals surface area contributed by atoms with Crippen LogP contribution in [0.2, 0.25) is 0 Å². The van der Waals surface area contributed by atoms with Gasteiger partial charge in [0.1, 0.15) is 19.3 Å². The lowest BCUT2D eigenvalue weighted by Crippen LogP contribution is -2.25. The fraction of sp³-hybridized carbons (Fsp3) is 0.444. The second-order valence-electron chi connectivity index (χ2n) is 2.78. The van der Waals surface area contributed by atoms with E-state index in [2.05, 4.69) is 16.1 Å². The van der Waals surface area contributed by atoms with Crippen molar-refractivity contribution >= 4 is 18.2 Å². The highest BCUT2D eigenvalue weighted by Crippen LogP contribution is 1.94. The predicted octanol–water partition coefficient (Wildman–Crippen LogP) is -0.791. The van der Waals surface area contributed by atoms with E-state index in [4.69, 9.17) is 5.11 Å². The Labute approximate surface area is 86.5 Å². The van der Waals surface area contributed by atoms with Crippen molar-refractivity contribution in [1.82, 2.24) is 0 Å². The molecule has 0 aliphatic carbocycles. The van der Waals surface area contributed by atoms with E-state index in [0.29, 0.717) is 0 Å². The van der Waals surface area contributed by atoms with Gasteiger partial charge in [0.05, 0.1) is 0 Å². The van der Waals surface area contributed by atoms with E-state index in [0.717, 1.165) is 0 Å². The molecule has 0 fully saturated rings. The number of aldehydes is 1. The zero-order valence-corrected chi connectivity index (χ0v) is 8.26. The lowest BCUT2D eigenvalue weighted by molar-refractivity contribution is -0.153. The highest BCUT2D eigenvalue weighted by molar-refractivity contribution is 6.20. The molecule has 0 saturated carbocycles. The largest absolute Gasteiger partial charge is 0.459 e. The monoisotopic (exact) mass is 216 g/mol. The Morgan fingerprint density at radius 1 is 1.40 bits per heavy atom. The summed E-state index contributed by atoms with van der Waals surface area (Å²) in [4.78, 5) is 31.0. The fourth-order valence-corrected chi connectivity index (χ4v) is 0.556. The Bertz CT molecular complexity index is 270. The van der Waals surface area contributed by atoms with Gasteiger partial charge < -0.3 is 14.6 Å². The third kappa shape index (κ3) is 6.39. The van der Waals surface area contributed by atoms with Crippen molar-refractivity contribution in [3.05, 3.63) is 12.2 Å².